The van der Waals surface area contributed by atoms with Crippen molar-refractivity contribution in [3.63, 3.8) is 0 Å². The van der Waals surface area contributed by atoms with Crippen LogP contribution in [0.3, 0.4) is 0 Å². The van der Waals surface area contributed by atoms with Crippen molar-refractivity contribution in [2.75, 3.05) is 18.0 Å². The lowest BCUT2D eigenvalue weighted by Crippen LogP contribution is -2.29. The van der Waals surface area contributed by atoms with Crippen molar-refractivity contribution in [3.8, 4) is 0 Å². The van der Waals surface area contributed by atoms with Crippen LogP contribution < -0.4 is 4.90 Å². The van der Waals surface area contributed by atoms with Gasteiger partial charge in [-0.15, -0.1) is 0 Å². The predicted molar refractivity (Wildman–Crippen MR) is 64.3 cm³/mol. The van der Waals surface area contributed by atoms with Crippen LogP contribution in [-0.4, -0.2) is 23.1 Å². The van der Waals surface area contributed by atoms with E-state index in [-0.39, 0.29) is 5.28 Å². The first-order chi connectivity index (χ1) is 7.58. The minimum atomic E-state index is -0.422. The Morgan fingerprint density at radius 3 is 2.75 bits per heavy atom. The Labute approximate surface area is 101 Å². The van der Waals surface area contributed by atoms with Crippen LogP contribution in [-0.2, 0) is 0 Å². The van der Waals surface area contributed by atoms with Crippen LogP contribution in [0.5, 0.6) is 0 Å². The first-order valence-corrected chi connectivity index (χ1v) is 5.89. The Morgan fingerprint density at radius 2 is 2.19 bits per heavy atom. The van der Waals surface area contributed by atoms with Gasteiger partial charge in [0.2, 0.25) is 5.28 Å². The number of aromatic nitrogens is 2. The second kappa shape index (κ2) is 5.99. The zero-order valence-electron chi connectivity index (χ0n) is 9.87. The Morgan fingerprint density at radius 1 is 1.50 bits per heavy atom. The molecule has 0 saturated heterocycles. The normalized spacial score (nSPS) is 12.6. The third kappa shape index (κ3) is 3.30. The third-order valence-electron chi connectivity index (χ3n) is 2.61. The highest BCUT2D eigenvalue weighted by Gasteiger charge is 2.15. The van der Waals surface area contributed by atoms with Crippen molar-refractivity contribution < 1.29 is 4.39 Å². The lowest BCUT2D eigenvalue weighted by atomic mass is 10.1. The zero-order valence-corrected chi connectivity index (χ0v) is 10.6. The molecule has 0 radical (unpaired) electrons. The van der Waals surface area contributed by atoms with Gasteiger partial charge in [0.05, 0.1) is 6.20 Å². The highest BCUT2D eigenvalue weighted by Crippen LogP contribution is 2.19. The SMILES string of the molecule is CCC(C)CN(CC)c1nc(Cl)ncc1F. The van der Waals surface area contributed by atoms with Gasteiger partial charge in [-0.1, -0.05) is 20.3 Å². The number of rotatable bonds is 5. The maximum atomic E-state index is 13.5. The molecule has 0 N–H and O–H groups in total. The van der Waals surface area contributed by atoms with Crippen molar-refractivity contribution in [1.82, 2.24) is 9.97 Å². The van der Waals surface area contributed by atoms with Crippen molar-refractivity contribution >= 4 is 17.4 Å². The fourth-order valence-corrected chi connectivity index (χ4v) is 1.56. The standard InChI is InChI=1S/C11H17ClFN3/c1-4-8(3)7-16(5-2)10-9(13)6-14-11(12)15-10/h6,8H,4-5,7H2,1-3H3. The maximum Gasteiger partial charge on any atom is 0.224 e. The molecule has 1 heterocycles. The summed E-state index contributed by atoms with van der Waals surface area (Å²) in [7, 11) is 0. The van der Waals surface area contributed by atoms with E-state index < -0.39 is 5.82 Å². The van der Waals surface area contributed by atoms with Gasteiger partial charge in [0.15, 0.2) is 11.6 Å². The van der Waals surface area contributed by atoms with Gasteiger partial charge < -0.3 is 4.90 Å². The third-order valence-corrected chi connectivity index (χ3v) is 2.79. The number of hydrogen-bond donors (Lipinski definition) is 0. The Kier molecular flexibility index (Phi) is 4.93. The molecule has 0 amide bonds. The minimum Gasteiger partial charge on any atom is -0.354 e. The molecule has 5 heteroatoms. The first-order valence-electron chi connectivity index (χ1n) is 5.51. The Bertz CT molecular complexity index is 346. The van der Waals surface area contributed by atoms with Crippen LogP contribution in [0.1, 0.15) is 27.2 Å². The van der Waals surface area contributed by atoms with E-state index in [0.29, 0.717) is 18.3 Å². The summed E-state index contributed by atoms with van der Waals surface area (Å²) in [5.41, 5.74) is 0. The van der Waals surface area contributed by atoms with E-state index in [1.165, 1.54) is 0 Å². The van der Waals surface area contributed by atoms with E-state index in [4.69, 9.17) is 11.6 Å². The molecular formula is C11H17ClFN3. The van der Waals surface area contributed by atoms with Gasteiger partial charge in [0, 0.05) is 13.1 Å². The highest BCUT2D eigenvalue weighted by molar-refractivity contribution is 6.28. The lowest BCUT2D eigenvalue weighted by molar-refractivity contribution is 0.532. The molecule has 0 aliphatic heterocycles. The predicted octanol–water partition coefficient (Wildman–Crippen LogP) is 3.14. The van der Waals surface area contributed by atoms with Crippen molar-refractivity contribution in [2.24, 2.45) is 5.92 Å². The molecule has 0 spiro atoms. The summed E-state index contributed by atoms with van der Waals surface area (Å²) in [6, 6.07) is 0. The molecule has 0 aliphatic rings. The van der Waals surface area contributed by atoms with Gasteiger partial charge in [-0.2, -0.15) is 4.98 Å². The summed E-state index contributed by atoms with van der Waals surface area (Å²) in [6.07, 6.45) is 2.17. The van der Waals surface area contributed by atoms with Crippen LogP contribution in [0.15, 0.2) is 6.20 Å². The van der Waals surface area contributed by atoms with Gasteiger partial charge in [0.1, 0.15) is 0 Å². The molecule has 0 aliphatic carbocycles. The van der Waals surface area contributed by atoms with E-state index in [9.17, 15) is 4.39 Å². The number of hydrogen-bond acceptors (Lipinski definition) is 3. The molecule has 0 saturated carbocycles. The maximum absolute atomic E-state index is 13.5. The summed E-state index contributed by atoms with van der Waals surface area (Å²) in [4.78, 5) is 9.43. The quantitative estimate of drug-likeness (QED) is 0.747. The van der Waals surface area contributed by atoms with E-state index >= 15 is 0 Å². The fraction of sp³-hybridized carbons (Fsp3) is 0.636. The fourth-order valence-electron chi connectivity index (χ4n) is 1.43. The van der Waals surface area contributed by atoms with Crippen molar-refractivity contribution in [2.45, 2.75) is 27.2 Å². The zero-order chi connectivity index (χ0) is 12.1. The van der Waals surface area contributed by atoms with Crippen molar-refractivity contribution in [3.05, 3.63) is 17.3 Å². The van der Waals surface area contributed by atoms with E-state index in [1.54, 1.807) is 0 Å². The summed E-state index contributed by atoms with van der Waals surface area (Å²) in [6.45, 7) is 7.69. The molecule has 16 heavy (non-hydrogen) atoms. The number of halogens is 2. The molecule has 0 aromatic carbocycles. The average Bonchev–Trinajstić information content (AvgIpc) is 2.29. The van der Waals surface area contributed by atoms with Crippen LogP contribution >= 0.6 is 11.6 Å². The number of nitrogens with zero attached hydrogens (tertiary/aromatic N) is 3. The Balaban J connectivity index is 2.89. The molecule has 0 fully saturated rings. The largest absolute Gasteiger partial charge is 0.354 e. The van der Waals surface area contributed by atoms with Gasteiger partial charge in [0.25, 0.3) is 0 Å². The molecule has 90 valence electrons. The van der Waals surface area contributed by atoms with Crippen LogP contribution in [0.2, 0.25) is 5.28 Å². The monoisotopic (exact) mass is 245 g/mol. The molecule has 1 atom stereocenters. The van der Waals surface area contributed by atoms with Gasteiger partial charge in [-0.3, -0.25) is 0 Å². The van der Waals surface area contributed by atoms with Gasteiger partial charge in [-0.25, -0.2) is 9.37 Å². The van der Waals surface area contributed by atoms with Crippen LogP contribution in [0.25, 0.3) is 0 Å². The molecular weight excluding hydrogens is 229 g/mol. The van der Waals surface area contributed by atoms with Crippen LogP contribution in [0, 0.1) is 11.7 Å². The molecule has 1 unspecified atom stereocenters. The summed E-state index contributed by atoms with van der Waals surface area (Å²) in [5.74, 6) is 0.366. The highest BCUT2D eigenvalue weighted by atomic mass is 35.5. The van der Waals surface area contributed by atoms with Gasteiger partial charge in [-0.05, 0) is 24.4 Å². The van der Waals surface area contributed by atoms with Gasteiger partial charge >= 0.3 is 0 Å². The second-order valence-corrected chi connectivity index (χ2v) is 4.20. The molecule has 1 rings (SSSR count). The van der Waals surface area contributed by atoms with E-state index in [0.717, 1.165) is 19.2 Å². The molecule has 1 aromatic heterocycles. The smallest absolute Gasteiger partial charge is 0.224 e. The van der Waals surface area contributed by atoms with Crippen molar-refractivity contribution in [1.29, 1.82) is 0 Å². The summed E-state index contributed by atoms with van der Waals surface area (Å²) < 4.78 is 13.5. The number of anilines is 1. The Hall–Kier alpha value is -0.900. The second-order valence-electron chi connectivity index (χ2n) is 3.86. The topological polar surface area (TPSA) is 29.0 Å². The van der Waals surface area contributed by atoms with E-state index in [1.807, 2.05) is 11.8 Å². The average molecular weight is 246 g/mol. The molecule has 0 bridgehead atoms. The molecule has 1 aromatic rings. The minimum absolute atomic E-state index is 0.0824. The van der Waals surface area contributed by atoms with Crippen LogP contribution in [0.4, 0.5) is 10.2 Å². The first kappa shape index (κ1) is 13.2. The molecule has 3 nitrogen and oxygen atoms in total. The summed E-state index contributed by atoms with van der Waals surface area (Å²) in [5, 5.41) is 0.0824. The lowest BCUT2D eigenvalue weighted by Gasteiger charge is -2.25. The van der Waals surface area contributed by atoms with E-state index in [2.05, 4.69) is 23.8 Å². The summed E-state index contributed by atoms with van der Waals surface area (Å²) >= 11 is 5.67.